The van der Waals surface area contributed by atoms with Crippen LogP contribution in [0.5, 0.6) is 0 Å². The molecule has 3 heterocycles. The molecule has 2 unspecified atom stereocenters. The number of nitrogens with zero attached hydrogens (tertiary/aromatic N) is 4. The molecule has 5 rings (SSSR count). The lowest BCUT2D eigenvalue weighted by Gasteiger charge is -2.36. The molecular weight excluding hydrogens is 482 g/mol. The maximum Gasteiger partial charge on any atom is 0.411 e. The highest BCUT2D eigenvalue weighted by Gasteiger charge is 2.48. The Hall–Kier alpha value is -4.24. The highest BCUT2D eigenvalue weighted by Crippen LogP contribution is 2.35. The molecule has 0 saturated carbocycles. The number of amides is 3. The van der Waals surface area contributed by atoms with Gasteiger partial charge in [0, 0.05) is 44.3 Å². The lowest BCUT2D eigenvalue weighted by Crippen LogP contribution is -2.54. The molecule has 3 amide bonds. The third-order valence-electron chi connectivity index (χ3n) is 7.01. The topological polar surface area (TPSA) is 95.1 Å². The van der Waals surface area contributed by atoms with E-state index in [9.17, 15) is 14.4 Å². The minimum absolute atomic E-state index is 0.115. The number of hydrogen-bond donors (Lipinski definition) is 1. The molecule has 0 spiro atoms. The molecule has 2 atom stereocenters. The summed E-state index contributed by atoms with van der Waals surface area (Å²) in [7, 11) is 2.03. The fraction of sp³-hybridized carbons (Fsp3) is 0.310. The van der Waals surface area contributed by atoms with Gasteiger partial charge in [0.1, 0.15) is 0 Å². The van der Waals surface area contributed by atoms with E-state index in [2.05, 4.69) is 15.2 Å². The van der Waals surface area contributed by atoms with Crippen LogP contribution in [0.3, 0.4) is 0 Å². The second kappa shape index (κ2) is 11.0. The highest BCUT2D eigenvalue weighted by atomic mass is 16.6. The lowest BCUT2D eigenvalue weighted by molar-refractivity contribution is -0.138. The van der Waals surface area contributed by atoms with E-state index in [4.69, 9.17) is 4.74 Å². The third-order valence-corrected chi connectivity index (χ3v) is 7.01. The molecule has 9 heteroatoms. The second-order valence-electron chi connectivity index (χ2n) is 9.81. The first-order chi connectivity index (χ1) is 18.4. The summed E-state index contributed by atoms with van der Waals surface area (Å²) >= 11 is 0. The van der Waals surface area contributed by atoms with Gasteiger partial charge in [-0.3, -0.25) is 19.5 Å². The van der Waals surface area contributed by atoms with Crippen LogP contribution in [0.1, 0.15) is 33.2 Å². The van der Waals surface area contributed by atoms with Gasteiger partial charge in [0.25, 0.3) is 5.91 Å². The maximum atomic E-state index is 13.8. The Kier molecular flexibility index (Phi) is 7.37. The molecule has 0 radical (unpaired) electrons. The molecule has 2 aliphatic heterocycles. The molecule has 2 saturated heterocycles. The monoisotopic (exact) mass is 513 g/mol. The van der Waals surface area contributed by atoms with Crippen molar-refractivity contribution in [2.75, 3.05) is 38.5 Å². The van der Waals surface area contributed by atoms with Gasteiger partial charge in [-0.1, -0.05) is 42.0 Å². The van der Waals surface area contributed by atoms with E-state index in [0.717, 1.165) is 24.2 Å². The Balaban J connectivity index is 1.39. The fourth-order valence-corrected chi connectivity index (χ4v) is 4.87. The molecule has 0 bridgehead atoms. The van der Waals surface area contributed by atoms with Crippen LogP contribution in [0.15, 0.2) is 73.1 Å². The average molecular weight is 514 g/mol. The van der Waals surface area contributed by atoms with Gasteiger partial charge in [0.05, 0.1) is 12.1 Å². The summed E-state index contributed by atoms with van der Waals surface area (Å²) in [5.74, 6) is -0.388. The number of aryl methyl sites for hydroxylation is 1. The van der Waals surface area contributed by atoms with Gasteiger partial charge in [-0.05, 0) is 49.4 Å². The quantitative estimate of drug-likeness (QED) is 0.542. The third kappa shape index (κ3) is 5.52. The Labute approximate surface area is 222 Å². The number of carbonyl (C=O) groups is 3. The van der Waals surface area contributed by atoms with Crippen molar-refractivity contribution in [1.82, 2.24) is 19.7 Å². The van der Waals surface area contributed by atoms with Crippen LogP contribution in [0.4, 0.5) is 10.5 Å². The van der Waals surface area contributed by atoms with Gasteiger partial charge in [0.15, 0.2) is 12.1 Å². The first-order valence-corrected chi connectivity index (χ1v) is 12.7. The van der Waals surface area contributed by atoms with Crippen molar-refractivity contribution in [3.05, 3.63) is 95.3 Å². The van der Waals surface area contributed by atoms with Crippen LogP contribution in [0.2, 0.25) is 0 Å². The Morgan fingerprint density at radius 1 is 1.03 bits per heavy atom. The van der Waals surface area contributed by atoms with Gasteiger partial charge in [0.2, 0.25) is 5.91 Å². The van der Waals surface area contributed by atoms with Crippen molar-refractivity contribution >= 4 is 23.6 Å². The smallest absolute Gasteiger partial charge is 0.411 e. The van der Waals surface area contributed by atoms with Gasteiger partial charge in [-0.25, -0.2) is 4.79 Å². The van der Waals surface area contributed by atoms with Crippen LogP contribution in [0, 0.1) is 6.92 Å². The van der Waals surface area contributed by atoms with Gasteiger partial charge >= 0.3 is 6.09 Å². The molecule has 2 fully saturated rings. The molecule has 1 aromatic heterocycles. The molecule has 3 aromatic rings. The normalized spacial score (nSPS) is 19.8. The number of ether oxygens (including phenoxy) is 1. The van der Waals surface area contributed by atoms with E-state index in [0.29, 0.717) is 29.9 Å². The molecule has 196 valence electrons. The minimum Gasteiger partial charge on any atom is -0.438 e. The first kappa shape index (κ1) is 25.4. The van der Waals surface area contributed by atoms with Gasteiger partial charge in [-0.15, -0.1) is 0 Å². The number of rotatable bonds is 6. The van der Waals surface area contributed by atoms with Crippen LogP contribution >= 0.6 is 0 Å². The van der Waals surface area contributed by atoms with E-state index < -0.39 is 18.2 Å². The Morgan fingerprint density at radius 2 is 1.79 bits per heavy atom. The predicted molar refractivity (Wildman–Crippen MR) is 142 cm³/mol. The van der Waals surface area contributed by atoms with Crippen molar-refractivity contribution in [2.24, 2.45) is 0 Å². The highest BCUT2D eigenvalue weighted by molar-refractivity contribution is 6.04. The first-order valence-electron chi connectivity index (χ1n) is 12.7. The molecule has 0 aliphatic carbocycles. The number of likely N-dealkylation sites (N-methyl/N-ethyl adjacent to an activating group) is 1. The largest absolute Gasteiger partial charge is 0.438 e. The summed E-state index contributed by atoms with van der Waals surface area (Å²) in [4.78, 5) is 49.0. The van der Waals surface area contributed by atoms with Gasteiger partial charge < -0.3 is 19.9 Å². The number of nitrogens with one attached hydrogen (secondary N) is 1. The molecular formula is C29H31N5O4. The maximum absolute atomic E-state index is 13.8. The van der Waals surface area contributed by atoms with Crippen LogP contribution in [-0.4, -0.2) is 76.9 Å². The molecule has 1 N–H and O–H groups in total. The zero-order valence-corrected chi connectivity index (χ0v) is 21.5. The molecule has 2 aliphatic rings. The summed E-state index contributed by atoms with van der Waals surface area (Å²) in [5, 5.41) is 2.84. The van der Waals surface area contributed by atoms with Crippen molar-refractivity contribution in [3.8, 4) is 0 Å². The standard InChI is InChI=1S/C29H31N5O4/c1-20-5-3-6-21(17-20)19-34-25(28(36)33-15-13-32(2)14-16-33)26(38-29(34)37)22-8-10-24(11-9-22)31-27(35)23-7-4-12-30-18-23/h3-12,17-18,25-26H,13-16,19H2,1-2H3,(H,31,35). The summed E-state index contributed by atoms with van der Waals surface area (Å²) in [6.07, 6.45) is 1.83. The summed E-state index contributed by atoms with van der Waals surface area (Å²) in [5.41, 5.74) is 3.75. The van der Waals surface area contributed by atoms with Crippen LogP contribution < -0.4 is 5.32 Å². The Bertz CT molecular complexity index is 1310. The number of pyridine rings is 1. The fourth-order valence-electron chi connectivity index (χ4n) is 4.87. The van der Waals surface area contributed by atoms with Crippen LogP contribution in [-0.2, 0) is 16.1 Å². The van der Waals surface area contributed by atoms with E-state index in [-0.39, 0.29) is 18.4 Å². The van der Waals surface area contributed by atoms with Crippen molar-refractivity contribution in [1.29, 1.82) is 0 Å². The zero-order chi connectivity index (χ0) is 26.6. The summed E-state index contributed by atoms with van der Waals surface area (Å²) in [6, 6.07) is 17.6. The lowest BCUT2D eigenvalue weighted by atomic mass is 9.99. The summed E-state index contributed by atoms with van der Waals surface area (Å²) < 4.78 is 5.83. The molecule has 9 nitrogen and oxygen atoms in total. The number of benzene rings is 2. The SMILES string of the molecule is Cc1cccc(CN2C(=O)OC(c3ccc(NC(=O)c4cccnc4)cc3)C2C(=O)N2CCN(C)CC2)c1. The number of anilines is 1. The van der Waals surface area contributed by atoms with Crippen molar-refractivity contribution in [3.63, 3.8) is 0 Å². The number of cyclic esters (lactones) is 1. The van der Waals surface area contributed by atoms with E-state index in [1.54, 1.807) is 42.6 Å². The van der Waals surface area contributed by atoms with E-state index >= 15 is 0 Å². The number of carbonyl (C=O) groups excluding carboxylic acids is 3. The van der Waals surface area contributed by atoms with E-state index in [1.165, 1.54) is 11.1 Å². The molecule has 2 aromatic carbocycles. The predicted octanol–water partition coefficient (Wildman–Crippen LogP) is 3.48. The van der Waals surface area contributed by atoms with Crippen LogP contribution in [0.25, 0.3) is 0 Å². The van der Waals surface area contributed by atoms with Gasteiger partial charge in [-0.2, -0.15) is 0 Å². The minimum atomic E-state index is -0.790. The number of aromatic nitrogens is 1. The van der Waals surface area contributed by atoms with E-state index in [1.807, 2.05) is 43.1 Å². The van der Waals surface area contributed by atoms with Crippen molar-refractivity contribution < 1.29 is 19.1 Å². The number of piperazine rings is 1. The number of hydrogen-bond acceptors (Lipinski definition) is 6. The second-order valence-corrected chi connectivity index (χ2v) is 9.81. The Morgan fingerprint density at radius 3 is 2.47 bits per heavy atom. The van der Waals surface area contributed by atoms with Crippen molar-refractivity contribution in [2.45, 2.75) is 25.6 Å². The summed E-state index contributed by atoms with van der Waals surface area (Å²) in [6.45, 7) is 5.04. The average Bonchev–Trinajstić information content (AvgIpc) is 3.25. The molecule has 38 heavy (non-hydrogen) atoms. The zero-order valence-electron chi connectivity index (χ0n) is 21.5.